The van der Waals surface area contributed by atoms with E-state index in [-0.39, 0.29) is 17.7 Å². The van der Waals surface area contributed by atoms with Crippen molar-refractivity contribution in [2.45, 2.75) is 49.9 Å². The highest BCUT2D eigenvalue weighted by atomic mass is 16.5. The van der Waals surface area contributed by atoms with Gasteiger partial charge in [-0.2, -0.15) is 0 Å². The molecular formula is C17H25NO2. The van der Waals surface area contributed by atoms with Crippen LogP contribution in [-0.4, -0.2) is 25.4 Å². The summed E-state index contributed by atoms with van der Waals surface area (Å²) in [4.78, 5) is 0. The van der Waals surface area contributed by atoms with Crippen LogP contribution < -0.4 is 5.73 Å². The van der Waals surface area contributed by atoms with E-state index in [4.69, 9.17) is 15.2 Å². The number of ether oxygens (including phenoxy) is 2. The molecule has 0 radical (unpaired) electrons. The van der Waals surface area contributed by atoms with Crippen LogP contribution >= 0.6 is 0 Å². The Morgan fingerprint density at radius 3 is 2.65 bits per heavy atom. The van der Waals surface area contributed by atoms with E-state index in [0.717, 1.165) is 19.4 Å². The molecule has 1 aromatic carbocycles. The van der Waals surface area contributed by atoms with Crippen LogP contribution in [0.5, 0.6) is 0 Å². The molecule has 1 aliphatic carbocycles. The van der Waals surface area contributed by atoms with Gasteiger partial charge in [-0.3, -0.25) is 0 Å². The summed E-state index contributed by atoms with van der Waals surface area (Å²) in [5, 5.41) is 0. The van der Waals surface area contributed by atoms with E-state index in [1.54, 1.807) is 7.11 Å². The van der Waals surface area contributed by atoms with Crippen LogP contribution in [0.1, 0.15) is 43.8 Å². The largest absolute Gasteiger partial charge is 0.375 e. The first-order chi connectivity index (χ1) is 9.74. The van der Waals surface area contributed by atoms with Crippen LogP contribution in [-0.2, 0) is 9.47 Å². The third-order valence-electron chi connectivity index (χ3n) is 5.07. The van der Waals surface area contributed by atoms with Crippen molar-refractivity contribution in [2.24, 2.45) is 11.7 Å². The summed E-state index contributed by atoms with van der Waals surface area (Å²) >= 11 is 0. The molecule has 3 atom stereocenters. The maximum Gasteiger partial charge on any atom is 0.0974 e. The van der Waals surface area contributed by atoms with Gasteiger partial charge in [0.2, 0.25) is 0 Å². The van der Waals surface area contributed by atoms with Crippen LogP contribution in [0.4, 0.5) is 0 Å². The Balaban J connectivity index is 1.71. The van der Waals surface area contributed by atoms with Crippen LogP contribution in [0.25, 0.3) is 0 Å². The lowest BCUT2D eigenvalue weighted by molar-refractivity contribution is -0.150. The third kappa shape index (κ3) is 2.62. The lowest BCUT2D eigenvalue weighted by Gasteiger charge is -2.49. The molecule has 1 heterocycles. The molecule has 2 aliphatic rings. The molecule has 0 bridgehead atoms. The van der Waals surface area contributed by atoms with Gasteiger partial charge in [-0.1, -0.05) is 30.3 Å². The molecule has 3 rings (SSSR count). The standard InChI is InChI=1S/C17H25NO2/c1-19-16(13-6-3-2-4-7-13)15(18)14-8-11-20-17(12-14)9-5-10-17/h2-4,6-7,14-16H,5,8-12,18H2,1H3. The second kappa shape index (κ2) is 5.84. The zero-order valence-corrected chi connectivity index (χ0v) is 12.3. The average Bonchev–Trinajstić information content (AvgIpc) is 2.47. The van der Waals surface area contributed by atoms with E-state index in [2.05, 4.69) is 12.1 Å². The van der Waals surface area contributed by atoms with Crippen LogP contribution in [0.3, 0.4) is 0 Å². The fourth-order valence-electron chi connectivity index (χ4n) is 3.72. The van der Waals surface area contributed by atoms with Gasteiger partial charge >= 0.3 is 0 Å². The van der Waals surface area contributed by atoms with Crippen LogP contribution in [0.2, 0.25) is 0 Å². The zero-order valence-electron chi connectivity index (χ0n) is 12.3. The molecule has 1 saturated carbocycles. The second-order valence-corrected chi connectivity index (χ2v) is 6.28. The molecule has 3 nitrogen and oxygen atoms in total. The van der Waals surface area contributed by atoms with E-state index in [1.807, 2.05) is 18.2 Å². The number of rotatable bonds is 4. The number of hydrogen-bond acceptors (Lipinski definition) is 3. The van der Waals surface area contributed by atoms with Crippen molar-refractivity contribution < 1.29 is 9.47 Å². The molecule has 0 amide bonds. The Morgan fingerprint density at radius 1 is 1.30 bits per heavy atom. The van der Waals surface area contributed by atoms with Crippen molar-refractivity contribution in [1.82, 2.24) is 0 Å². The SMILES string of the molecule is COC(c1ccccc1)C(N)C1CCOC2(CCC2)C1. The molecular weight excluding hydrogens is 250 g/mol. The van der Waals surface area contributed by atoms with Crippen molar-refractivity contribution in [1.29, 1.82) is 0 Å². The third-order valence-corrected chi connectivity index (χ3v) is 5.07. The number of nitrogens with two attached hydrogens (primary N) is 1. The number of benzene rings is 1. The van der Waals surface area contributed by atoms with Gasteiger partial charge in [0.15, 0.2) is 0 Å². The van der Waals surface area contributed by atoms with Crippen molar-refractivity contribution in [3.63, 3.8) is 0 Å². The lowest BCUT2D eigenvalue weighted by Crippen LogP contribution is -2.50. The molecule has 1 aliphatic heterocycles. The molecule has 1 saturated heterocycles. The first-order valence-electron chi connectivity index (χ1n) is 7.71. The summed E-state index contributed by atoms with van der Waals surface area (Å²) in [7, 11) is 1.76. The van der Waals surface area contributed by atoms with Gasteiger partial charge < -0.3 is 15.2 Å². The fraction of sp³-hybridized carbons (Fsp3) is 0.647. The predicted octanol–water partition coefficient (Wildman–Crippen LogP) is 3.05. The normalized spacial score (nSPS) is 27.8. The van der Waals surface area contributed by atoms with Crippen molar-refractivity contribution in [3.8, 4) is 0 Å². The summed E-state index contributed by atoms with van der Waals surface area (Å²) in [5.41, 5.74) is 7.88. The summed E-state index contributed by atoms with van der Waals surface area (Å²) in [6.07, 6.45) is 5.85. The first-order valence-corrected chi connectivity index (χ1v) is 7.71. The molecule has 20 heavy (non-hydrogen) atoms. The molecule has 2 fully saturated rings. The number of methoxy groups -OCH3 is 1. The molecule has 110 valence electrons. The molecule has 1 aromatic rings. The molecule has 3 heteroatoms. The van der Waals surface area contributed by atoms with E-state index in [0.29, 0.717) is 5.92 Å². The average molecular weight is 275 g/mol. The molecule has 0 aromatic heterocycles. The highest BCUT2D eigenvalue weighted by Crippen LogP contribution is 2.46. The molecule has 3 unspecified atom stereocenters. The maximum atomic E-state index is 6.55. The minimum atomic E-state index is -0.0172. The van der Waals surface area contributed by atoms with Crippen molar-refractivity contribution >= 4 is 0 Å². The fourth-order valence-corrected chi connectivity index (χ4v) is 3.72. The van der Waals surface area contributed by atoms with Crippen LogP contribution in [0.15, 0.2) is 30.3 Å². The van der Waals surface area contributed by atoms with Gasteiger partial charge in [-0.15, -0.1) is 0 Å². The first kappa shape index (κ1) is 14.1. The predicted molar refractivity (Wildman–Crippen MR) is 79.4 cm³/mol. The van der Waals surface area contributed by atoms with E-state index < -0.39 is 0 Å². The summed E-state index contributed by atoms with van der Waals surface area (Å²) in [5.74, 6) is 0.495. The van der Waals surface area contributed by atoms with Gasteiger partial charge in [0.1, 0.15) is 0 Å². The van der Waals surface area contributed by atoms with Gasteiger partial charge in [-0.25, -0.2) is 0 Å². The smallest absolute Gasteiger partial charge is 0.0974 e. The minimum absolute atomic E-state index is 0.0172. The molecule has 1 spiro atoms. The van der Waals surface area contributed by atoms with Gasteiger partial charge in [0.25, 0.3) is 0 Å². The second-order valence-electron chi connectivity index (χ2n) is 6.28. The van der Waals surface area contributed by atoms with Gasteiger partial charge in [-0.05, 0) is 43.6 Å². The lowest BCUT2D eigenvalue weighted by atomic mass is 9.69. The highest BCUT2D eigenvalue weighted by Gasteiger charge is 2.45. The Kier molecular flexibility index (Phi) is 4.11. The van der Waals surface area contributed by atoms with E-state index >= 15 is 0 Å². The Bertz CT molecular complexity index is 430. The van der Waals surface area contributed by atoms with Crippen molar-refractivity contribution in [2.75, 3.05) is 13.7 Å². The monoisotopic (exact) mass is 275 g/mol. The van der Waals surface area contributed by atoms with Crippen LogP contribution in [0, 0.1) is 5.92 Å². The van der Waals surface area contributed by atoms with Gasteiger partial charge in [0, 0.05) is 19.8 Å². The number of hydrogen-bond donors (Lipinski definition) is 1. The van der Waals surface area contributed by atoms with Gasteiger partial charge in [0.05, 0.1) is 11.7 Å². The van der Waals surface area contributed by atoms with E-state index in [9.17, 15) is 0 Å². The topological polar surface area (TPSA) is 44.5 Å². The summed E-state index contributed by atoms with van der Waals surface area (Å²) in [6, 6.07) is 10.4. The summed E-state index contributed by atoms with van der Waals surface area (Å²) in [6.45, 7) is 0.851. The van der Waals surface area contributed by atoms with Crippen molar-refractivity contribution in [3.05, 3.63) is 35.9 Å². The zero-order chi connectivity index (χ0) is 14.0. The Labute approximate surface area is 121 Å². The molecule has 2 N–H and O–H groups in total. The Morgan fingerprint density at radius 2 is 2.05 bits per heavy atom. The maximum absolute atomic E-state index is 6.55. The van der Waals surface area contributed by atoms with E-state index in [1.165, 1.54) is 24.8 Å². The summed E-state index contributed by atoms with van der Waals surface area (Å²) < 4.78 is 11.7. The highest BCUT2D eigenvalue weighted by molar-refractivity contribution is 5.19. The Hall–Kier alpha value is -0.900. The quantitative estimate of drug-likeness (QED) is 0.918. The minimum Gasteiger partial charge on any atom is -0.375 e.